The zero-order valence-electron chi connectivity index (χ0n) is 13.4. The molecule has 0 bridgehead atoms. The fourth-order valence-electron chi connectivity index (χ4n) is 2.72. The second kappa shape index (κ2) is 7.20. The van der Waals surface area contributed by atoms with E-state index in [-0.39, 0.29) is 0 Å². The monoisotopic (exact) mass is 329 g/mol. The molecule has 3 rings (SSSR count). The summed E-state index contributed by atoms with van der Waals surface area (Å²) < 4.78 is 5.22. The van der Waals surface area contributed by atoms with E-state index < -0.39 is 17.9 Å². The Morgan fingerprint density at radius 1 is 1.29 bits per heavy atom. The van der Waals surface area contributed by atoms with Gasteiger partial charge in [-0.3, -0.25) is 14.6 Å². The van der Waals surface area contributed by atoms with Gasteiger partial charge in [0.1, 0.15) is 6.04 Å². The van der Waals surface area contributed by atoms with Crippen LogP contribution in [0.25, 0.3) is 0 Å². The standard InChI is InChI=1S/C16H19N5O3/c1-10(16-20-13(21-24-16)11-5-2-3-6-11)18-14(22)15(23)19-12-7-4-8-17-9-12/h4,7-11H,2-3,5-6H2,1H3,(H,18,22)(H,19,23)/t10-/m1/s1. The number of nitrogens with zero attached hydrogens (tertiary/aromatic N) is 3. The van der Waals surface area contributed by atoms with E-state index in [2.05, 4.69) is 25.8 Å². The maximum atomic E-state index is 12.0. The van der Waals surface area contributed by atoms with Crippen LogP contribution in [0, 0.1) is 0 Å². The van der Waals surface area contributed by atoms with Crippen molar-refractivity contribution in [2.75, 3.05) is 5.32 Å². The Kier molecular flexibility index (Phi) is 4.83. The number of nitrogens with one attached hydrogen (secondary N) is 2. The Morgan fingerprint density at radius 2 is 2.08 bits per heavy atom. The molecule has 0 aromatic carbocycles. The number of pyridine rings is 1. The molecular formula is C16H19N5O3. The van der Waals surface area contributed by atoms with Crippen molar-refractivity contribution >= 4 is 17.5 Å². The van der Waals surface area contributed by atoms with Crippen molar-refractivity contribution < 1.29 is 14.1 Å². The van der Waals surface area contributed by atoms with Gasteiger partial charge in [0.05, 0.1) is 11.9 Å². The zero-order chi connectivity index (χ0) is 16.9. The molecule has 8 nitrogen and oxygen atoms in total. The van der Waals surface area contributed by atoms with Gasteiger partial charge >= 0.3 is 11.8 Å². The molecule has 1 atom stereocenters. The lowest BCUT2D eigenvalue weighted by Gasteiger charge is -2.09. The predicted molar refractivity (Wildman–Crippen MR) is 84.9 cm³/mol. The van der Waals surface area contributed by atoms with Gasteiger partial charge in [-0.25, -0.2) is 0 Å². The Morgan fingerprint density at radius 3 is 2.79 bits per heavy atom. The van der Waals surface area contributed by atoms with E-state index >= 15 is 0 Å². The average molecular weight is 329 g/mol. The molecule has 0 spiro atoms. The van der Waals surface area contributed by atoms with Gasteiger partial charge in [-0.15, -0.1) is 0 Å². The first-order valence-electron chi connectivity index (χ1n) is 7.99. The Balaban J connectivity index is 1.56. The van der Waals surface area contributed by atoms with Crippen LogP contribution >= 0.6 is 0 Å². The smallest absolute Gasteiger partial charge is 0.313 e. The maximum Gasteiger partial charge on any atom is 0.313 e. The van der Waals surface area contributed by atoms with Crippen molar-refractivity contribution in [3.8, 4) is 0 Å². The van der Waals surface area contributed by atoms with E-state index in [4.69, 9.17) is 4.52 Å². The highest BCUT2D eigenvalue weighted by molar-refractivity contribution is 6.39. The maximum absolute atomic E-state index is 12.0. The summed E-state index contributed by atoms with van der Waals surface area (Å²) in [4.78, 5) is 32.1. The lowest BCUT2D eigenvalue weighted by molar-refractivity contribution is -0.136. The van der Waals surface area contributed by atoms with Gasteiger partial charge in [0.2, 0.25) is 5.89 Å². The first-order valence-corrected chi connectivity index (χ1v) is 7.99. The number of aromatic nitrogens is 3. The lowest BCUT2D eigenvalue weighted by atomic mass is 10.1. The minimum atomic E-state index is -0.773. The summed E-state index contributed by atoms with van der Waals surface area (Å²) in [6, 6.07) is 2.77. The highest BCUT2D eigenvalue weighted by Crippen LogP contribution is 2.32. The van der Waals surface area contributed by atoms with Crippen LogP contribution in [0.4, 0.5) is 5.69 Å². The molecule has 1 aliphatic carbocycles. The number of carbonyl (C=O) groups is 2. The van der Waals surface area contributed by atoms with Gasteiger partial charge < -0.3 is 15.2 Å². The van der Waals surface area contributed by atoms with Crippen LogP contribution in [0.15, 0.2) is 29.0 Å². The van der Waals surface area contributed by atoms with Gasteiger partial charge in [0, 0.05) is 12.1 Å². The van der Waals surface area contributed by atoms with E-state index in [1.54, 1.807) is 25.3 Å². The van der Waals surface area contributed by atoms with E-state index in [0.29, 0.717) is 23.3 Å². The molecule has 2 heterocycles. The first-order chi connectivity index (χ1) is 11.6. The van der Waals surface area contributed by atoms with E-state index in [1.807, 2.05) is 0 Å². The van der Waals surface area contributed by atoms with Crippen molar-refractivity contribution in [3.05, 3.63) is 36.2 Å². The average Bonchev–Trinajstić information content (AvgIpc) is 3.27. The van der Waals surface area contributed by atoms with E-state index in [9.17, 15) is 9.59 Å². The summed E-state index contributed by atoms with van der Waals surface area (Å²) >= 11 is 0. The van der Waals surface area contributed by atoms with E-state index in [0.717, 1.165) is 12.8 Å². The Hall–Kier alpha value is -2.77. The second-order valence-corrected chi connectivity index (χ2v) is 5.86. The van der Waals surface area contributed by atoms with Crippen LogP contribution in [0.5, 0.6) is 0 Å². The number of rotatable bonds is 4. The van der Waals surface area contributed by atoms with Gasteiger partial charge in [0.25, 0.3) is 0 Å². The Labute approximate surface area is 139 Å². The van der Waals surface area contributed by atoms with Gasteiger partial charge in [-0.05, 0) is 31.9 Å². The predicted octanol–water partition coefficient (Wildman–Crippen LogP) is 1.94. The quantitative estimate of drug-likeness (QED) is 0.829. The summed E-state index contributed by atoms with van der Waals surface area (Å²) in [5.74, 6) is -0.223. The zero-order valence-corrected chi connectivity index (χ0v) is 13.4. The van der Waals surface area contributed by atoms with Crippen molar-refractivity contribution in [2.45, 2.75) is 44.6 Å². The fourth-order valence-corrected chi connectivity index (χ4v) is 2.72. The number of amides is 2. The summed E-state index contributed by atoms with van der Waals surface area (Å²) in [7, 11) is 0. The fraction of sp³-hybridized carbons (Fsp3) is 0.438. The minimum absolute atomic E-state index is 0.305. The lowest BCUT2D eigenvalue weighted by Crippen LogP contribution is -2.37. The summed E-state index contributed by atoms with van der Waals surface area (Å²) in [6.07, 6.45) is 7.51. The topological polar surface area (TPSA) is 110 Å². The first kappa shape index (κ1) is 16.1. The van der Waals surface area contributed by atoms with Crippen LogP contribution in [-0.2, 0) is 9.59 Å². The molecule has 0 unspecified atom stereocenters. The Bertz CT molecular complexity index is 710. The molecule has 24 heavy (non-hydrogen) atoms. The molecule has 0 saturated heterocycles. The number of hydrogen-bond acceptors (Lipinski definition) is 6. The number of anilines is 1. The highest BCUT2D eigenvalue weighted by atomic mass is 16.5. The third kappa shape index (κ3) is 3.76. The van der Waals surface area contributed by atoms with Gasteiger partial charge in [-0.2, -0.15) is 4.98 Å². The van der Waals surface area contributed by atoms with Crippen molar-refractivity contribution in [1.82, 2.24) is 20.4 Å². The van der Waals surface area contributed by atoms with Crippen LogP contribution in [-0.4, -0.2) is 26.9 Å². The van der Waals surface area contributed by atoms with Crippen molar-refractivity contribution in [2.24, 2.45) is 0 Å². The molecule has 126 valence electrons. The van der Waals surface area contributed by atoms with Crippen LogP contribution in [0.3, 0.4) is 0 Å². The van der Waals surface area contributed by atoms with Crippen molar-refractivity contribution in [1.29, 1.82) is 0 Å². The minimum Gasteiger partial charge on any atom is -0.337 e. The molecule has 8 heteroatoms. The summed E-state index contributed by atoms with van der Waals surface area (Å²) in [5.41, 5.74) is 0.451. The molecule has 2 amide bonds. The van der Waals surface area contributed by atoms with Crippen molar-refractivity contribution in [3.63, 3.8) is 0 Å². The summed E-state index contributed by atoms with van der Waals surface area (Å²) in [6.45, 7) is 1.70. The largest absolute Gasteiger partial charge is 0.337 e. The number of carbonyl (C=O) groups excluding carboxylic acids is 2. The molecule has 1 fully saturated rings. The summed E-state index contributed by atoms with van der Waals surface area (Å²) in [5, 5.41) is 9.01. The van der Waals surface area contributed by atoms with Gasteiger partial charge in [-0.1, -0.05) is 18.0 Å². The molecule has 2 aromatic heterocycles. The van der Waals surface area contributed by atoms with Crippen LogP contribution in [0.2, 0.25) is 0 Å². The molecule has 2 N–H and O–H groups in total. The second-order valence-electron chi connectivity index (χ2n) is 5.86. The third-order valence-corrected chi connectivity index (χ3v) is 4.02. The molecule has 0 radical (unpaired) electrons. The van der Waals surface area contributed by atoms with Crippen LogP contribution < -0.4 is 10.6 Å². The molecular weight excluding hydrogens is 310 g/mol. The highest BCUT2D eigenvalue weighted by Gasteiger charge is 2.25. The number of hydrogen-bond donors (Lipinski definition) is 2. The normalized spacial score (nSPS) is 15.9. The van der Waals surface area contributed by atoms with Gasteiger partial charge in [0.15, 0.2) is 5.82 Å². The molecule has 1 saturated carbocycles. The molecule has 2 aromatic rings. The molecule has 0 aliphatic heterocycles. The molecule has 1 aliphatic rings. The van der Waals surface area contributed by atoms with E-state index in [1.165, 1.54) is 19.0 Å². The SMILES string of the molecule is C[C@@H](NC(=O)C(=O)Nc1cccnc1)c1nc(C2CCCC2)no1. The van der Waals surface area contributed by atoms with Crippen LogP contribution in [0.1, 0.15) is 56.3 Å². The third-order valence-electron chi connectivity index (χ3n) is 4.02.